The summed E-state index contributed by atoms with van der Waals surface area (Å²) in [6, 6.07) is 0. The molecule has 1 aliphatic heterocycles. The number of hydrogen-bond donors (Lipinski definition) is 6. The first-order valence-electron chi connectivity index (χ1n) is 4.74. The van der Waals surface area contributed by atoms with Gasteiger partial charge in [-0.3, -0.25) is 4.52 Å². The van der Waals surface area contributed by atoms with Crippen molar-refractivity contribution >= 4 is 13.8 Å². The van der Waals surface area contributed by atoms with E-state index < -0.39 is 50.9 Å². The smallest absolute Gasteiger partial charge is 0.469 e. The molecule has 1 unspecified atom stereocenters. The number of aliphatic carboxylic acids is 1. The highest BCUT2D eigenvalue weighted by molar-refractivity contribution is 7.46. The molecule has 0 spiro atoms. The first kappa shape index (κ1) is 15.5. The molecule has 1 rings (SSSR count). The van der Waals surface area contributed by atoms with Crippen LogP contribution in [0.15, 0.2) is 0 Å². The molecule has 0 aromatic heterocycles. The van der Waals surface area contributed by atoms with Crippen LogP contribution in [0.5, 0.6) is 0 Å². The van der Waals surface area contributed by atoms with Gasteiger partial charge in [0.05, 0.1) is 6.10 Å². The normalized spacial score (nSPS) is 37.5. The summed E-state index contributed by atoms with van der Waals surface area (Å²) in [6.07, 6.45) is -5.70. The van der Waals surface area contributed by atoms with Crippen molar-refractivity contribution in [3.63, 3.8) is 0 Å². The van der Waals surface area contributed by atoms with Crippen molar-refractivity contribution in [3.8, 4) is 0 Å². The molecule has 0 aliphatic carbocycles. The van der Waals surface area contributed by atoms with Crippen LogP contribution in [0.2, 0.25) is 0 Å². The zero-order valence-corrected chi connectivity index (χ0v) is 9.80. The van der Waals surface area contributed by atoms with Crippen LogP contribution in [0, 0.1) is 0 Å². The molecule has 0 aromatic carbocycles. The predicted molar refractivity (Wildman–Crippen MR) is 52.1 cm³/mol. The van der Waals surface area contributed by atoms with E-state index in [1.165, 1.54) is 0 Å². The fraction of sp³-hybridized carbons (Fsp3) is 0.857. The van der Waals surface area contributed by atoms with Crippen molar-refractivity contribution in [1.29, 1.82) is 0 Å². The van der Waals surface area contributed by atoms with E-state index in [0.29, 0.717) is 0 Å². The van der Waals surface area contributed by atoms with Gasteiger partial charge in [-0.15, -0.1) is 0 Å². The second kappa shape index (κ2) is 5.19. The molecule has 6 N–H and O–H groups in total. The lowest BCUT2D eigenvalue weighted by atomic mass is 9.95. The fourth-order valence-electron chi connectivity index (χ4n) is 1.46. The van der Waals surface area contributed by atoms with Gasteiger partial charge in [-0.2, -0.15) is 0 Å². The maximum Gasteiger partial charge on any atom is 0.469 e. The highest BCUT2D eigenvalue weighted by Gasteiger charge is 2.51. The first-order chi connectivity index (χ1) is 8.05. The molecule has 11 heteroatoms. The average Bonchev–Trinajstić information content (AvgIpc) is 2.22. The first-order valence-corrected chi connectivity index (χ1v) is 6.27. The zero-order valence-electron chi connectivity index (χ0n) is 8.91. The van der Waals surface area contributed by atoms with Crippen molar-refractivity contribution in [2.45, 2.75) is 30.5 Å². The van der Waals surface area contributed by atoms with E-state index in [0.717, 1.165) is 0 Å². The molecule has 10 nitrogen and oxygen atoms in total. The molecule has 18 heavy (non-hydrogen) atoms. The van der Waals surface area contributed by atoms with Crippen LogP contribution >= 0.6 is 7.82 Å². The number of rotatable bonds is 4. The van der Waals surface area contributed by atoms with E-state index in [-0.39, 0.29) is 0 Å². The van der Waals surface area contributed by atoms with E-state index in [2.05, 4.69) is 9.26 Å². The van der Waals surface area contributed by atoms with Gasteiger partial charge in [-0.25, -0.2) is 9.36 Å². The van der Waals surface area contributed by atoms with Gasteiger partial charge in [0.2, 0.25) is 5.79 Å². The van der Waals surface area contributed by atoms with Gasteiger partial charge in [0.25, 0.3) is 0 Å². The molecular weight excluding hydrogens is 275 g/mol. The highest BCUT2D eigenvalue weighted by Crippen LogP contribution is 2.39. The maximum atomic E-state index is 10.7. The predicted octanol–water partition coefficient (Wildman–Crippen LogP) is -2.62. The number of aliphatic hydroxyl groups excluding tert-OH is 2. The zero-order chi connectivity index (χ0) is 14.1. The molecule has 0 aromatic rings. The van der Waals surface area contributed by atoms with E-state index in [4.69, 9.17) is 14.9 Å². The molecule has 1 saturated heterocycles. The van der Waals surface area contributed by atoms with E-state index in [1.54, 1.807) is 0 Å². The maximum absolute atomic E-state index is 10.7. The summed E-state index contributed by atoms with van der Waals surface area (Å²) < 4.78 is 19.0. The van der Waals surface area contributed by atoms with Crippen LogP contribution in [0.3, 0.4) is 0 Å². The molecule has 0 amide bonds. The minimum absolute atomic E-state index is 0.477. The minimum atomic E-state index is -4.94. The summed E-state index contributed by atoms with van der Waals surface area (Å²) >= 11 is 0. The summed E-state index contributed by atoms with van der Waals surface area (Å²) in [4.78, 5) is 27.6. The van der Waals surface area contributed by atoms with Gasteiger partial charge < -0.3 is 34.9 Å². The lowest BCUT2D eigenvalue weighted by Crippen LogP contribution is -2.61. The molecule has 0 saturated carbocycles. The van der Waals surface area contributed by atoms with Crippen LogP contribution in [-0.4, -0.2) is 66.9 Å². The van der Waals surface area contributed by atoms with Gasteiger partial charge in [-0.05, 0) is 0 Å². The minimum Gasteiger partial charge on any atom is -0.479 e. The third-order valence-electron chi connectivity index (χ3n) is 2.34. The molecular formula is C7H13O10P. The SMILES string of the molecule is O=C(O)C1C[C@@H](O)[C@H](O)[C@](O)(COP(=O)(O)O)O1. The Morgan fingerprint density at radius 1 is 1.44 bits per heavy atom. The van der Waals surface area contributed by atoms with E-state index >= 15 is 0 Å². The van der Waals surface area contributed by atoms with Crippen LogP contribution in [0.1, 0.15) is 6.42 Å². The van der Waals surface area contributed by atoms with Crippen LogP contribution in [0.4, 0.5) is 0 Å². The summed E-state index contributed by atoms with van der Waals surface area (Å²) in [6.45, 7) is -1.20. The van der Waals surface area contributed by atoms with Crippen LogP contribution < -0.4 is 0 Å². The van der Waals surface area contributed by atoms with Crippen molar-refractivity contribution < 1.29 is 48.8 Å². The summed E-state index contributed by atoms with van der Waals surface area (Å²) in [5, 5.41) is 37.2. The Labute approximate surface area is 101 Å². The number of ether oxygens (including phenoxy) is 1. The Morgan fingerprint density at radius 2 is 2.00 bits per heavy atom. The summed E-state index contributed by atoms with van der Waals surface area (Å²) in [5.74, 6) is -4.22. The van der Waals surface area contributed by atoms with Crippen molar-refractivity contribution in [2.75, 3.05) is 6.61 Å². The summed E-state index contributed by atoms with van der Waals surface area (Å²) in [7, 11) is -4.94. The number of carboxylic acid groups (broad SMARTS) is 1. The molecule has 106 valence electrons. The topological polar surface area (TPSA) is 174 Å². The van der Waals surface area contributed by atoms with Gasteiger partial charge in [-0.1, -0.05) is 0 Å². The average molecular weight is 288 g/mol. The summed E-state index contributed by atoms with van der Waals surface area (Å²) in [5.41, 5.74) is 0. The quantitative estimate of drug-likeness (QED) is 0.300. The Kier molecular flexibility index (Phi) is 4.47. The number of phosphoric acid groups is 1. The molecule has 1 heterocycles. The molecule has 1 aliphatic rings. The van der Waals surface area contributed by atoms with Gasteiger partial charge >= 0.3 is 13.8 Å². The van der Waals surface area contributed by atoms with Gasteiger partial charge in [0, 0.05) is 6.42 Å². The molecule has 0 radical (unpaired) electrons. The fourth-order valence-corrected chi connectivity index (χ4v) is 1.81. The number of carbonyl (C=O) groups is 1. The Hall–Kier alpha value is -0.580. The number of aliphatic hydroxyl groups is 3. The van der Waals surface area contributed by atoms with Gasteiger partial charge in [0.15, 0.2) is 6.10 Å². The van der Waals surface area contributed by atoms with Gasteiger partial charge in [0.1, 0.15) is 12.7 Å². The Balaban J connectivity index is 2.81. The third-order valence-corrected chi connectivity index (χ3v) is 2.81. The van der Waals surface area contributed by atoms with Crippen molar-refractivity contribution in [2.24, 2.45) is 0 Å². The largest absolute Gasteiger partial charge is 0.479 e. The number of carboxylic acids is 1. The Morgan fingerprint density at radius 3 is 2.44 bits per heavy atom. The second-order valence-corrected chi connectivity index (χ2v) is 5.04. The number of hydrogen-bond acceptors (Lipinski definition) is 7. The molecule has 1 fully saturated rings. The monoisotopic (exact) mass is 288 g/mol. The highest BCUT2D eigenvalue weighted by atomic mass is 31.2. The second-order valence-electron chi connectivity index (χ2n) is 3.80. The van der Waals surface area contributed by atoms with Crippen LogP contribution in [-0.2, 0) is 18.6 Å². The molecule has 0 bridgehead atoms. The third kappa shape index (κ3) is 3.70. The lowest BCUT2D eigenvalue weighted by molar-refractivity contribution is -0.327. The van der Waals surface area contributed by atoms with Crippen molar-refractivity contribution in [1.82, 2.24) is 0 Å². The van der Waals surface area contributed by atoms with E-state index in [1.807, 2.05) is 0 Å². The van der Waals surface area contributed by atoms with E-state index in [9.17, 15) is 24.7 Å². The lowest BCUT2D eigenvalue weighted by Gasteiger charge is -2.41. The number of phosphoric ester groups is 1. The Bertz CT molecular complexity index is 365. The van der Waals surface area contributed by atoms with Crippen molar-refractivity contribution in [3.05, 3.63) is 0 Å². The van der Waals surface area contributed by atoms with Crippen LogP contribution in [0.25, 0.3) is 0 Å². The standard InChI is InChI=1S/C7H13O10P/c8-3-1-4(6(10)11)17-7(12,5(3)9)2-16-18(13,14)15/h3-5,8-9,12H,1-2H2,(H,10,11)(H2,13,14,15)/t3-,4?,5+,7+/m1/s1. The molecule has 4 atom stereocenters.